The third-order valence-electron chi connectivity index (χ3n) is 3.85. The van der Waals surface area contributed by atoms with Gasteiger partial charge in [0.1, 0.15) is 0 Å². The lowest BCUT2D eigenvalue weighted by Gasteiger charge is -2.24. The molecule has 1 heterocycles. The van der Waals surface area contributed by atoms with Crippen LogP contribution in [-0.2, 0) is 16.4 Å². The monoisotopic (exact) mass is 471 g/mol. The molecule has 0 atom stereocenters. The summed E-state index contributed by atoms with van der Waals surface area (Å²) in [4.78, 5) is 4.12. The van der Waals surface area contributed by atoms with E-state index >= 15 is 0 Å². The average molecular weight is 471 g/mol. The van der Waals surface area contributed by atoms with E-state index < -0.39 is 14.6 Å². The van der Waals surface area contributed by atoms with Gasteiger partial charge in [-0.1, -0.05) is 0 Å². The molecule has 0 aliphatic carbocycles. The van der Waals surface area contributed by atoms with Gasteiger partial charge in [-0.25, -0.2) is 8.42 Å². The lowest BCUT2D eigenvalue weighted by molar-refractivity contribution is 0.539. The van der Waals surface area contributed by atoms with Gasteiger partial charge in [-0.15, -0.1) is 24.0 Å². The molecule has 7 nitrogen and oxygen atoms in total. The van der Waals surface area contributed by atoms with Crippen LogP contribution in [0.15, 0.2) is 11.1 Å². The van der Waals surface area contributed by atoms with E-state index in [0.717, 1.165) is 30.9 Å². The van der Waals surface area contributed by atoms with Crippen LogP contribution < -0.4 is 10.6 Å². The number of aromatic nitrogens is 2. The Morgan fingerprint density at radius 1 is 1.33 bits per heavy atom. The van der Waals surface area contributed by atoms with Crippen LogP contribution in [0.5, 0.6) is 0 Å². The Morgan fingerprint density at radius 3 is 2.42 bits per heavy atom. The Kier molecular flexibility index (Phi) is 9.26. The molecule has 0 amide bonds. The van der Waals surface area contributed by atoms with Crippen molar-refractivity contribution in [2.75, 3.05) is 26.4 Å². The fourth-order valence-corrected chi connectivity index (χ4v) is 2.32. The van der Waals surface area contributed by atoms with E-state index in [9.17, 15) is 8.42 Å². The lowest BCUT2D eigenvalue weighted by atomic mass is 10.2. The van der Waals surface area contributed by atoms with Gasteiger partial charge in [0, 0.05) is 38.6 Å². The normalized spacial score (nSPS) is 12.7. The van der Waals surface area contributed by atoms with Crippen LogP contribution in [0.2, 0.25) is 0 Å². The maximum absolute atomic E-state index is 11.7. The molecular weight excluding hydrogens is 441 g/mol. The van der Waals surface area contributed by atoms with Crippen molar-refractivity contribution in [3.8, 4) is 0 Å². The molecule has 0 saturated heterocycles. The summed E-state index contributed by atoms with van der Waals surface area (Å²) in [6.07, 6.45) is 2.15. The Balaban J connectivity index is 0.00000529. The SMILES string of the molecule is CN=C(NCCCn1nc(C)cc1C)NCC(C)(C)S(C)(=O)=O.I. The standard InChI is InChI=1S/C15H29N5O2S.HI/c1-12-10-13(2)20(19-12)9-7-8-17-14(16-5)18-11-15(3,4)23(6,21)22;/h10H,7-9,11H2,1-6H3,(H2,16,17,18);1H. The number of aliphatic imine (C=N–C) groups is 1. The highest BCUT2D eigenvalue weighted by molar-refractivity contribution is 14.0. The Morgan fingerprint density at radius 2 is 1.96 bits per heavy atom. The number of hydrogen-bond donors (Lipinski definition) is 2. The van der Waals surface area contributed by atoms with Gasteiger partial charge in [0.2, 0.25) is 0 Å². The highest BCUT2D eigenvalue weighted by Crippen LogP contribution is 2.13. The fourth-order valence-electron chi connectivity index (χ4n) is 1.99. The first kappa shape index (κ1) is 23.2. The van der Waals surface area contributed by atoms with Crippen molar-refractivity contribution in [1.82, 2.24) is 20.4 Å². The molecule has 0 aliphatic heterocycles. The van der Waals surface area contributed by atoms with Gasteiger partial charge in [0.05, 0.1) is 10.4 Å². The molecule has 9 heteroatoms. The van der Waals surface area contributed by atoms with Gasteiger partial charge in [0.25, 0.3) is 0 Å². The van der Waals surface area contributed by atoms with E-state index in [4.69, 9.17) is 0 Å². The van der Waals surface area contributed by atoms with E-state index in [1.54, 1.807) is 20.9 Å². The van der Waals surface area contributed by atoms with E-state index in [1.807, 2.05) is 18.5 Å². The van der Waals surface area contributed by atoms with Crippen LogP contribution in [0.4, 0.5) is 0 Å². The second-order valence-corrected chi connectivity index (χ2v) is 9.04. The number of halogens is 1. The van der Waals surface area contributed by atoms with Crippen LogP contribution in [0.1, 0.15) is 31.7 Å². The number of hydrogen-bond acceptors (Lipinski definition) is 4. The highest BCUT2D eigenvalue weighted by Gasteiger charge is 2.30. The first-order chi connectivity index (χ1) is 10.6. The predicted molar refractivity (Wildman–Crippen MR) is 110 cm³/mol. The number of aryl methyl sites for hydroxylation is 3. The van der Waals surface area contributed by atoms with E-state index in [0.29, 0.717) is 12.5 Å². The van der Waals surface area contributed by atoms with Gasteiger partial charge in [-0.3, -0.25) is 9.67 Å². The van der Waals surface area contributed by atoms with Crippen molar-refractivity contribution < 1.29 is 8.42 Å². The highest BCUT2D eigenvalue weighted by atomic mass is 127. The van der Waals surface area contributed by atoms with Crippen molar-refractivity contribution in [2.24, 2.45) is 4.99 Å². The first-order valence-corrected chi connectivity index (χ1v) is 9.61. The number of sulfone groups is 1. The molecule has 24 heavy (non-hydrogen) atoms. The summed E-state index contributed by atoms with van der Waals surface area (Å²) in [6.45, 7) is 9.30. The summed E-state index contributed by atoms with van der Waals surface area (Å²) in [5.41, 5.74) is 2.18. The number of nitrogens with one attached hydrogen (secondary N) is 2. The molecule has 0 aliphatic rings. The molecule has 1 aromatic heterocycles. The molecule has 140 valence electrons. The second kappa shape index (κ2) is 9.59. The van der Waals surface area contributed by atoms with Crippen LogP contribution >= 0.6 is 24.0 Å². The smallest absolute Gasteiger partial charge is 0.191 e. The van der Waals surface area contributed by atoms with Crippen molar-refractivity contribution in [2.45, 2.75) is 45.4 Å². The number of guanidine groups is 1. The molecule has 0 fully saturated rings. The van der Waals surface area contributed by atoms with E-state index in [2.05, 4.69) is 26.8 Å². The summed E-state index contributed by atoms with van der Waals surface area (Å²) in [7, 11) is -1.46. The summed E-state index contributed by atoms with van der Waals surface area (Å²) >= 11 is 0. The number of rotatable bonds is 7. The van der Waals surface area contributed by atoms with Crippen LogP contribution in [0, 0.1) is 13.8 Å². The zero-order valence-corrected chi connectivity index (χ0v) is 18.5. The van der Waals surface area contributed by atoms with Crippen molar-refractivity contribution in [3.63, 3.8) is 0 Å². The largest absolute Gasteiger partial charge is 0.356 e. The Labute approximate surface area is 162 Å². The summed E-state index contributed by atoms with van der Waals surface area (Å²) < 4.78 is 24.5. The van der Waals surface area contributed by atoms with Crippen molar-refractivity contribution >= 4 is 39.8 Å². The fraction of sp³-hybridized carbons (Fsp3) is 0.733. The zero-order chi connectivity index (χ0) is 17.7. The summed E-state index contributed by atoms with van der Waals surface area (Å²) in [5.74, 6) is 0.607. The third kappa shape index (κ3) is 6.96. The summed E-state index contributed by atoms with van der Waals surface area (Å²) in [6, 6.07) is 2.06. The average Bonchev–Trinajstić information content (AvgIpc) is 2.75. The third-order valence-corrected chi connectivity index (χ3v) is 6.00. The molecule has 2 N–H and O–H groups in total. The van der Waals surface area contributed by atoms with Gasteiger partial charge < -0.3 is 10.6 Å². The van der Waals surface area contributed by atoms with E-state index in [1.165, 1.54) is 6.26 Å². The first-order valence-electron chi connectivity index (χ1n) is 7.72. The topological polar surface area (TPSA) is 88.4 Å². The Hall–Kier alpha value is -0.840. The maximum Gasteiger partial charge on any atom is 0.191 e. The molecular formula is C15H30IN5O2S. The maximum atomic E-state index is 11.7. The van der Waals surface area contributed by atoms with E-state index in [-0.39, 0.29) is 24.0 Å². The molecule has 0 bridgehead atoms. The van der Waals surface area contributed by atoms with Crippen LogP contribution in [0.25, 0.3) is 0 Å². The van der Waals surface area contributed by atoms with Crippen molar-refractivity contribution in [3.05, 3.63) is 17.5 Å². The molecule has 1 rings (SSSR count). The van der Waals surface area contributed by atoms with Crippen LogP contribution in [-0.4, -0.2) is 55.3 Å². The van der Waals surface area contributed by atoms with Gasteiger partial charge in [-0.2, -0.15) is 5.10 Å². The minimum absolute atomic E-state index is 0. The molecule has 0 saturated carbocycles. The van der Waals surface area contributed by atoms with Crippen molar-refractivity contribution in [1.29, 1.82) is 0 Å². The quantitative estimate of drug-likeness (QED) is 0.272. The molecule has 0 aromatic carbocycles. The molecule has 0 unspecified atom stereocenters. The van der Waals surface area contributed by atoms with Gasteiger partial charge in [-0.05, 0) is 40.2 Å². The Bertz CT molecular complexity index is 653. The molecule has 0 radical (unpaired) electrons. The summed E-state index contributed by atoms with van der Waals surface area (Å²) in [5, 5.41) is 10.7. The minimum atomic E-state index is -3.13. The predicted octanol–water partition coefficient (Wildman–Crippen LogP) is 1.50. The van der Waals surface area contributed by atoms with Gasteiger partial charge >= 0.3 is 0 Å². The second-order valence-electron chi connectivity index (χ2n) is 6.39. The number of nitrogens with zero attached hydrogens (tertiary/aromatic N) is 3. The molecule has 1 aromatic rings. The minimum Gasteiger partial charge on any atom is -0.356 e. The zero-order valence-electron chi connectivity index (χ0n) is 15.4. The van der Waals surface area contributed by atoms with Gasteiger partial charge in [0.15, 0.2) is 15.8 Å². The van der Waals surface area contributed by atoms with Crippen LogP contribution in [0.3, 0.4) is 0 Å². The lowest BCUT2D eigenvalue weighted by Crippen LogP contribution is -2.47. The molecule has 0 spiro atoms.